The molecule has 0 bridgehead atoms. The van der Waals surface area contributed by atoms with Crippen LogP contribution in [0, 0.1) is 0 Å². The van der Waals surface area contributed by atoms with Gasteiger partial charge < -0.3 is 0 Å². The van der Waals surface area contributed by atoms with Crippen LogP contribution in [0.3, 0.4) is 0 Å². The minimum Gasteiger partial charge on any atom is -0.280 e. The number of rotatable bonds is 0. The minimum absolute atomic E-state index is 0.0224. The van der Waals surface area contributed by atoms with Crippen LogP contribution in [0.1, 0.15) is 23.4 Å². The molecule has 3 aromatic carbocycles. The molecule has 26 heavy (non-hydrogen) atoms. The molecule has 2 heterocycles. The fourth-order valence-electron chi connectivity index (χ4n) is 4.11. The van der Waals surface area contributed by atoms with E-state index in [-0.39, 0.29) is 11.8 Å². The van der Waals surface area contributed by atoms with Gasteiger partial charge in [0.2, 0.25) is 11.8 Å². The lowest BCUT2D eigenvalue weighted by Crippen LogP contribution is -2.05. The molecule has 2 aromatic heterocycles. The maximum absolute atomic E-state index is 12.4. The Kier molecular flexibility index (Phi) is 2.89. The van der Waals surface area contributed by atoms with E-state index in [2.05, 4.69) is 0 Å². The summed E-state index contributed by atoms with van der Waals surface area (Å²) in [6, 6.07) is 19.8. The lowest BCUT2D eigenvalue weighted by atomic mass is 10.1. The number of fused-ring (bicyclic) bond motifs is 6. The second kappa shape index (κ2) is 5.05. The zero-order valence-corrected chi connectivity index (χ0v) is 14.5. The Morgan fingerprint density at radius 2 is 0.962 bits per heavy atom. The molecule has 126 valence electrons. The van der Waals surface area contributed by atoms with Gasteiger partial charge in [-0.15, -0.1) is 0 Å². The van der Waals surface area contributed by atoms with E-state index in [1.165, 1.54) is 0 Å². The molecular weight excluding hydrogens is 324 g/mol. The number of aromatic nitrogens is 2. The normalized spacial score (nSPS) is 11.8. The van der Waals surface area contributed by atoms with Crippen LogP contribution in [0.5, 0.6) is 0 Å². The first-order valence-electron chi connectivity index (χ1n) is 8.56. The molecule has 4 heteroatoms. The van der Waals surface area contributed by atoms with Crippen LogP contribution in [0.15, 0.2) is 60.7 Å². The molecule has 0 aliphatic carbocycles. The molecule has 0 amide bonds. The van der Waals surface area contributed by atoms with Gasteiger partial charge in [0.05, 0.1) is 22.1 Å². The van der Waals surface area contributed by atoms with Crippen molar-refractivity contribution in [3.63, 3.8) is 0 Å². The van der Waals surface area contributed by atoms with E-state index in [0.29, 0.717) is 0 Å². The Balaban J connectivity index is 2.10. The molecule has 0 aliphatic heterocycles. The first-order valence-corrected chi connectivity index (χ1v) is 8.56. The monoisotopic (exact) mass is 340 g/mol. The number of nitrogens with zero attached hydrogens (tertiary/aromatic N) is 2. The van der Waals surface area contributed by atoms with Crippen LogP contribution in [-0.4, -0.2) is 20.9 Å². The second-order valence-electron chi connectivity index (χ2n) is 6.63. The summed E-state index contributed by atoms with van der Waals surface area (Å²) >= 11 is 0. The zero-order valence-electron chi connectivity index (χ0n) is 14.5. The average molecular weight is 340 g/mol. The van der Waals surface area contributed by atoms with Crippen LogP contribution in [-0.2, 0) is 0 Å². The molecule has 0 saturated carbocycles. The SMILES string of the molecule is CC(=O)n1c2ccccc2c2cc3c(cc21)c1ccccc1n3C(C)=O. The van der Waals surface area contributed by atoms with E-state index < -0.39 is 0 Å². The number of para-hydroxylation sites is 2. The number of hydrogen-bond acceptors (Lipinski definition) is 2. The quantitative estimate of drug-likeness (QED) is 0.388. The lowest BCUT2D eigenvalue weighted by molar-refractivity contribution is 0.0937. The van der Waals surface area contributed by atoms with E-state index in [1.807, 2.05) is 60.7 Å². The molecule has 0 spiro atoms. The molecule has 4 nitrogen and oxygen atoms in total. The van der Waals surface area contributed by atoms with Crippen LogP contribution in [0.25, 0.3) is 43.6 Å². The fraction of sp³-hybridized carbons (Fsp3) is 0.0909. The van der Waals surface area contributed by atoms with E-state index >= 15 is 0 Å². The summed E-state index contributed by atoms with van der Waals surface area (Å²) in [5.74, 6) is -0.0447. The van der Waals surface area contributed by atoms with Gasteiger partial charge in [-0.2, -0.15) is 0 Å². The summed E-state index contributed by atoms with van der Waals surface area (Å²) < 4.78 is 3.51. The highest BCUT2D eigenvalue weighted by Crippen LogP contribution is 2.36. The summed E-state index contributed by atoms with van der Waals surface area (Å²) in [6.45, 7) is 3.16. The topological polar surface area (TPSA) is 44.0 Å². The van der Waals surface area contributed by atoms with Gasteiger partial charge in [-0.05, 0) is 24.3 Å². The van der Waals surface area contributed by atoms with Crippen molar-refractivity contribution in [1.29, 1.82) is 0 Å². The van der Waals surface area contributed by atoms with E-state index in [1.54, 1.807) is 23.0 Å². The van der Waals surface area contributed by atoms with Gasteiger partial charge >= 0.3 is 0 Å². The standard InChI is InChI=1S/C22H16N2O2/c1-13(25)23-19-9-5-3-7-15(19)17-12-22-18(11-21(17)23)16-8-4-6-10-20(16)24(22)14(2)26/h3-12H,1-2H3. The van der Waals surface area contributed by atoms with Crippen LogP contribution >= 0.6 is 0 Å². The van der Waals surface area contributed by atoms with Crippen LogP contribution in [0.2, 0.25) is 0 Å². The Morgan fingerprint density at radius 3 is 1.35 bits per heavy atom. The number of carbonyl (C=O) groups is 2. The molecule has 0 atom stereocenters. The Morgan fingerprint density at radius 1 is 0.577 bits per heavy atom. The molecule has 0 N–H and O–H groups in total. The number of benzene rings is 3. The molecule has 0 radical (unpaired) electrons. The number of hydrogen-bond donors (Lipinski definition) is 0. The van der Waals surface area contributed by atoms with Crippen LogP contribution in [0.4, 0.5) is 0 Å². The first-order chi connectivity index (χ1) is 12.6. The van der Waals surface area contributed by atoms with Crippen molar-refractivity contribution in [1.82, 2.24) is 9.13 Å². The molecular formula is C22H16N2O2. The van der Waals surface area contributed by atoms with Crippen molar-refractivity contribution in [2.75, 3.05) is 0 Å². The van der Waals surface area contributed by atoms with Gasteiger partial charge in [-0.3, -0.25) is 18.7 Å². The predicted molar refractivity (Wildman–Crippen MR) is 105 cm³/mol. The second-order valence-corrected chi connectivity index (χ2v) is 6.63. The van der Waals surface area contributed by atoms with Gasteiger partial charge in [-0.25, -0.2) is 0 Å². The Bertz CT molecular complexity index is 1280. The van der Waals surface area contributed by atoms with Crippen molar-refractivity contribution in [3.8, 4) is 0 Å². The van der Waals surface area contributed by atoms with Crippen molar-refractivity contribution in [2.24, 2.45) is 0 Å². The third-order valence-corrected chi connectivity index (χ3v) is 5.10. The summed E-state index contributed by atoms with van der Waals surface area (Å²) in [5, 5.41) is 3.99. The van der Waals surface area contributed by atoms with E-state index in [4.69, 9.17) is 0 Å². The highest BCUT2D eigenvalue weighted by atomic mass is 16.2. The van der Waals surface area contributed by atoms with E-state index in [9.17, 15) is 9.59 Å². The fourth-order valence-corrected chi connectivity index (χ4v) is 4.11. The molecule has 0 saturated heterocycles. The highest BCUT2D eigenvalue weighted by Gasteiger charge is 2.18. The molecule has 5 rings (SSSR count). The summed E-state index contributed by atoms with van der Waals surface area (Å²) in [4.78, 5) is 24.7. The smallest absolute Gasteiger partial charge is 0.228 e. The van der Waals surface area contributed by atoms with E-state index in [0.717, 1.165) is 43.6 Å². The zero-order chi connectivity index (χ0) is 18.0. The van der Waals surface area contributed by atoms with Crippen molar-refractivity contribution < 1.29 is 9.59 Å². The highest BCUT2D eigenvalue weighted by molar-refractivity contribution is 6.21. The summed E-state index contributed by atoms with van der Waals surface area (Å²) in [7, 11) is 0. The average Bonchev–Trinajstić information content (AvgIpc) is 3.12. The van der Waals surface area contributed by atoms with Gasteiger partial charge in [0.15, 0.2) is 0 Å². The largest absolute Gasteiger partial charge is 0.280 e. The molecule has 0 aliphatic rings. The molecule has 0 fully saturated rings. The first kappa shape index (κ1) is 14.9. The third kappa shape index (κ3) is 1.78. The van der Waals surface area contributed by atoms with Crippen molar-refractivity contribution in [3.05, 3.63) is 60.7 Å². The summed E-state index contributed by atoms with van der Waals surface area (Å²) in [6.07, 6.45) is 0. The Hall–Kier alpha value is -3.40. The van der Waals surface area contributed by atoms with Crippen molar-refractivity contribution >= 4 is 55.4 Å². The molecule has 0 unspecified atom stereocenters. The number of carbonyl (C=O) groups excluding carboxylic acids is 2. The lowest BCUT2D eigenvalue weighted by Gasteiger charge is -2.03. The van der Waals surface area contributed by atoms with Gasteiger partial charge in [0.1, 0.15) is 0 Å². The van der Waals surface area contributed by atoms with Gasteiger partial charge in [-0.1, -0.05) is 36.4 Å². The maximum Gasteiger partial charge on any atom is 0.228 e. The third-order valence-electron chi connectivity index (χ3n) is 5.10. The predicted octanol–water partition coefficient (Wildman–Crippen LogP) is 5.22. The summed E-state index contributed by atoms with van der Waals surface area (Å²) in [5.41, 5.74) is 3.53. The van der Waals surface area contributed by atoms with Crippen LogP contribution < -0.4 is 0 Å². The van der Waals surface area contributed by atoms with Gasteiger partial charge in [0.25, 0.3) is 0 Å². The van der Waals surface area contributed by atoms with Gasteiger partial charge in [0, 0.05) is 35.4 Å². The maximum atomic E-state index is 12.4. The molecule has 5 aromatic rings. The van der Waals surface area contributed by atoms with Crippen molar-refractivity contribution in [2.45, 2.75) is 13.8 Å². The Labute approximate surface area is 149 Å². The minimum atomic E-state index is -0.0224.